The topological polar surface area (TPSA) is 52.8 Å². The van der Waals surface area contributed by atoms with Crippen molar-refractivity contribution in [2.75, 3.05) is 0 Å². The van der Waals surface area contributed by atoms with Crippen LogP contribution in [0.25, 0.3) is 110 Å². The zero-order valence-electron chi connectivity index (χ0n) is 29.2. The van der Waals surface area contributed by atoms with Crippen LogP contribution >= 0.6 is 0 Å². The van der Waals surface area contributed by atoms with Gasteiger partial charge in [0.15, 0.2) is 0 Å². The van der Waals surface area contributed by atoms with Crippen LogP contribution in [0.4, 0.5) is 0 Å². The van der Waals surface area contributed by atoms with E-state index < -0.39 is 0 Å². The summed E-state index contributed by atoms with van der Waals surface area (Å²) in [7, 11) is 0. The summed E-state index contributed by atoms with van der Waals surface area (Å²) in [4.78, 5) is 19.0. The molecule has 0 aliphatic carbocycles. The average Bonchev–Trinajstić information content (AvgIpc) is 3.25. The van der Waals surface area contributed by atoms with Gasteiger partial charge in [-0.05, 0) is 75.1 Å². The molecule has 0 saturated heterocycles. The normalized spacial score (nSPS) is 11.7. The number of hydrogen-bond donors (Lipinski definition) is 0. The highest BCUT2D eigenvalue weighted by Gasteiger charge is 2.22. The Morgan fingerprint density at radius 1 is 0.370 bits per heavy atom. The Balaban J connectivity index is 1.26. The maximum absolute atomic E-state index is 5.40. The summed E-state index contributed by atoms with van der Waals surface area (Å²) in [5.74, 6) is 0. The molecule has 0 amide bonds. The lowest BCUT2D eigenvalue weighted by atomic mass is 9.89. The van der Waals surface area contributed by atoms with Crippen molar-refractivity contribution in [1.29, 1.82) is 0 Å². The first-order valence-electron chi connectivity index (χ1n) is 18.3. The van der Waals surface area contributed by atoms with Gasteiger partial charge in [-0.15, -0.1) is 0 Å². The summed E-state index contributed by atoms with van der Waals surface area (Å²) in [5, 5.41) is 10.4. The summed E-state index contributed by atoms with van der Waals surface area (Å²) in [6.45, 7) is 0. The van der Waals surface area contributed by atoms with Gasteiger partial charge in [0.1, 0.15) is 0 Å². The minimum Gasteiger partial charge on any atom is -0.255 e. The molecule has 4 nitrogen and oxygen atoms in total. The molecule has 0 aliphatic heterocycles. The lowest BCUT2D eigenvalue weighted by Gasteiger charge is -2.17. The second kappa shape index (κ2) is 12.1. The van der Waals surface area contributed by atoms with Crippen LogP contribution in [0.2, 0.25) is 0 Å². The van der Waals surface area contributed by atoms with E-state index >= 15 is 0 Å². The molecule has 54 heavy (non-hydrogen) atoms. The summed E-state index contributed by atoms with van der Waals surface area (Å²) in [5.41, 5.74) is 11.2. The molecule has 0 radical (unpaired) electrons. The van der Waals surface area contributed by atoms with Crippen LogP contribution in [-0.4, -0.2) is 15.0 Å². The van der Waals surface area contributed by atoms with Gasteiger partial charge >= 0.3 is 0 Å². The molecule has 0 saturated carbocycles. The van der Waals surface area contributed by atoms with E-state index in [4.69, 9.17) is 15.0 Å². The fourth-order valence-electron chi connectivity index (χ4n) is 8.27. The zero-order valence-corrected chi connectivity index (χ0v) is 29.2. The number of para-hydroxylation sites is 3. The number of pyridine rings is 4. The molecule has 11 rings (SSSR count). The number of fused-ring (bicyclic) bond motifs is 8. The Morgan fingerprint density at radius 2 is 0.963 bits per heavy atom. The molecule has 0 bridgehead atoms. The Hall–Kier alpha value is -7.30. The number of benzene rings is 7. The summed E-state index contributed by atoms with van der Waals surface area (Å²) in [6.07, 6.45) is 3.74. The first-order chi connectivity index (χ1) is 26.8. The Labute approximate surface area is 311 Å². The van der Waals surface area contributed by atoms with Gasteiger partial charge in [0.05, 0.1) is 33.4 Å². The van der Waals surface area contributed by atoms with E-state index in [1.54, 1.807) is 0 Å². The molecule has 4 heterocycles. The molecule has 4 aromatic heterocycles. The van der Waals surface area contributed by atoms with Gasteiger partial charge in [-0.1, -0.05) is 115 Å². The van der Waals surface area contributed by atoms with Crippen molar-refractivity contribution < 1.29 is 4.98 Å². The van der Waals surface area contributed by atoms with Gasteiger partial charge in [-0.2, -0.15) is 0 Å². The van der Waals surface area contributed by atoms with E-state index in [9.17, 15) is 0 Å². The third-order valence-corrected chi connectivity index (χ3v) is 10.8. The van der Waals surface area contributed by atoms with E-state index in [1.807, 2.05) is 24.5 Å². The van der Waals surface area contributed by atoms with Crippen LogP contribution in [0.3, 0.4) is 0 Å². The van der Waals surface area contributed by atoms with Crippen LogP contribution in [0.1, 0.15) is 0 Å². The van der Waals surface area contributed by atoms with Crippen molar-refractivity contribution in [1.82, 2.24) is 15.0 Å². The number of nitrogens with zero attached hydrogens (tertiary/aromatic N) is 3. The lowest BCUT2D eigenvalue weighted by Crippen LogP contribution is -2.12. The fraction of sp³-hybridized carbons (Fsp3) is 0. The monoisotopic (exact) mass is 687 g/mol. The number of rotatable bonds is 4. The predicted octanol–water partition coefficient (Wildman–Crippen LogP) is 12.3. The lowest BCUT2D eigenvalue weighted by molar-refractivity contribution is -0.350. The second-order valence-electron chi connectivity index (χ2n) is 13.9. The largest absolute Gasteiger partial charge is 0.255 e. The van der Waals surface area contributed by atoms with Gasteiger partial charge < -0.3 is 0 Å². The van der Waals surface area contributed by atoms with Crippen LogP contribution in [0, 0.1) is 0 Å². The van der Waals surface area contributed by atoms with E-state index in [0.29, 0.717) is 0 Å². The third-order valence-electron chi connectivity index (χ3n) is 10.8. The standard InChI is InChI=1S/C50H30N4/c1-2-12-34-27-35(24-23-31(34)11-1)50-43-30-42(37-17-3-4-18-38(37)47(43)39-19-5-6-22-44(39)54-50)36-28-45(40-20-7-13-32-15-9-25-51-48(32)40)53-46(29-36)41-21-8-14-33-16-10-26-52-49(33)41/h1-30H/p+1. The molecule has 250 valence electrons. The predicted molar refractivity (Wildman–Crippen MR) is 223 cm³/mol. The fourth-order valence-corrected chi connectivity index (χ4v) is 8.27. The van der Waals surface area contributed by atoms with Crippen molar-refractivity contribution in [2.24, 2.45) is 0 Å². The number of nitrogens with one attached hydrogen (secondary N) is 1. The SMILES string of the molecule is c1ccc2cc(-c3nc4ccccc4c4c3cc(-c3cc(-c5cccc6cccnc56)[nH+]c(-c5cccc6cccnc56)c3)c3ccccc34)ccc2c1. The van der Waals surface area contributed by atoms with Crippen LogP contribution in [-0.2, 0) is 0 Å². The summed E-state index contributed by atoms with van der Waals surface area (Å²) >= 11 is 0. The summed E-state index contributed by atoms with van der Waals surface area (Å²) in [6, 6.07) is 60.5. The van der Waals surface area contributed by atoms with Crippen molar-refractivity contribution >= 4 is 65.0 Å². The highest BCUT2D eigenvalue weighted by molar-refractivity contribution is 6.25. The van der Waals surface area contributed by atoms with Crippen molar-refractivity contribution in [3.63, 3.8) is 0 Å². The minimum absolute atomic E-state index is 0.952. The molecule has 0 spiro atoms. The highest BCUT2D eigenvalue weighted by atomic mass is 14.7. The molecule has 7 aromatic carbocycles. The maximum Gasteiger partial charge on any atom is 0.214 e. The Kier molecular flexibility index (Phi) is 6.82. The van der Waals surface area contributed by atoms with Crippen LogP contribution in [0.5, 0.6) is 0 Å². The molecule has 4 heteroatoms. The van der Waals surface area contributed by atoms with Gasteiger partial charge in [-0.3, -0.25) is 9.97 Å². The van der Waals surface area contributed by atoms with Crippen LogP contribution in [0.15, 0.2) is 182 Å². The number of hydrogen-bond acceptors (Lipinski definition) is 3. The molecule has 0 fully saturated rings. The van der Waals surface area contributed by atoms with Crippen LogP contribution < -0.4 is 4.98 Å². The first kappa shape index (κ1) is 30.3. The van der Waals surface area contributed by atoms with Gasteiger partial charge in [0, 0.05) is 57.0 Å². The van der Waals surface area contributed by atoms with E-state index in [-0.39, 0.29) is 0 Å². The van der Waals surface area contributed by atoms with E-state index in [2.05, 4.69) is 163 Å². The molecule has 1 N–H and O–H groups in total. The second-order valence-corrected chi connectivity index (χ2v) is 13.9. The Bertz CT molecular complexity index is 3190. The first-order valence-corrected chi connectivity index (χ1v) is 18.3. The molecular formula is C50H31N4+. The van der Waals surface area contributed by atoms with Crippen molar-refractivity contribution in [3.8, 4) is 44.9 Å². The Morgan fingerprint density at radius 3 is 1.69 bits per heavy atom. The highest BCUT2D eigenvalue weighted by Crippen LogP contribution is 2.43. The van der Waals surface area contributed by atoms with E-state index in [0.717, 1.165) is 83.0 Å². The van der Waals surface area contributed by atoms with Gasteiger partial charge in [0.2, 0.25) is 11.4 Å². The minimum atomic E-state index is 0.952. The molecule has 0 atom stereocenters. The number of aromatic nitrogens is 4. The average molecular weight is 688 g/mol. The summed E-state index contributed by atoms with van der Waals surface area (Å²) < 4.78 is 0. The third kappa shape index (κ3) is 4.85. The number of aromatic amines is 1. The van der Waals surface area contributed by atoms with Crippen molar-refractivity contribution in [3.05, 3.63) is 182 Å². The smallest absolute Gasteiger partial charge is 0.214 e. The quantitative estimate of drug-likeness (QED) is 0.173. The molecule has 0 unspecified atom stereocenters. The zero-order chi connectivity index (χ0) is 35.6. The molecule has 11 aromatic rings. The molecule has 0 aliphatic rings. The molecular weight excluding hydrogens is 657 g/mol. The van der Waals surface area contributed by atoms with Gasteiger partial charge in [0.25, 0.3) is 0 Å². The number of H-pyrrole nitrogens is 1. The van der Waals surface area contributed by atoms with Crippen molar-refractivity contribution in [2.45, 2.75) is 0 Å². The van der Waals surface area contributed by atoms with Gasteiger partial charge in [-0.25, -0.2) is 9.97 Å². The van der Waals surface area contributed by atoms with E-state index in [1.165, 1.54) is 26.9 Å². The maximum atomic E-state index is 5.40.